The first kappa shape index (κ1) is 84.2. The number of hydrogen-bond acceptors (Lipinski definition) is 10. The van der Waals surface area contributed by atoms with Gasteiger partial charge in [0.1, 0.15) is 24.4 Å². The largest absolute Gasteiger partial charge is 0.466 e. The van der Waals surface area contributed by atoms with Crippen LogP contribution < -0.4 is 5.32 Å². The van der Waals surface area contributed by atoms with E-state index in [0.717, 1.165) is 57.8 Å². The van der Waals surface area contributed by atoms with Crippen molar-refractivity contribution < 1.29 is 49.3 Å². The highest BCUT2D eigenvalue weighted by molar-refractivity contribution is 5.76. The van der Waals surface area contributed by atoms with E-state index in [9.17, 15) is 35.1 Å². The molecule has 11 heteroatoms. The number of esters is 1. The second-order valence-corrected chi connectivity index (χ2v) is 27.1. The van der Waals surface area contributed by atoms with Gasteiger partial charge in [-0.1, -0.05) is 346 Å². The van der Waals surface area contributed by atoms with Gasteiger partial charge >= 0.3 is 5.97 Å². The van der Waals surface area contributed by atoms with Crippen LogP contribution in [-0.2, 0) is 23.8 Å². The van der Waals surface area contributed by atoms with Crippen molar-refractivity contribution >= 4 is 11.9 Å². The van der Waals surface area contributed by atoms with Gasteiger partial charge in [-0.3, -0.25) is 9.59 Å². The van der Waals surface area contributed by atoms with Crippen molar-refractivity contribution in [2.75, 3.05) is 19.8 Å². The van der Waals surface area contributed by atoms with Crippen molar-refractivity contribution in [1.82, 2.24) is 5.32 Å². The van der Waals surface area contributed by atoms with Crippen LogP contribution in [0.25, 0.3) is 0 Å². The monoisotopic (exact) mass is 1250 g/mol. The van der Waals surface area contributed by atoms with Gasteiger partial charge in [-0.25, -0.2) is 0 Å². The quantitative estimate of drug-likeness (QED) is 0.0195. The minimum absolute atomic E-state index is 0.0119. The Morgan fingerprint density at radius 2 is 0.727 bits per heavy atom. The number of rotatable bonds is 69. The van der Waals surface area contributed by atoms with E-state index in [-0.39, 0.29) is 18.5 Å². The number of carbonyl (C=O) groups excluding carboxylic acids is 2. The van der Waals surface area contributed by atoms with Crippen LogP contribution in [0.1, 0.15) is 393 Å². The number of aliphatic hydroxyl groups excluding tert-OH is 5. The van der Waals surface area contributed by atoms with Crippen molar-refractivity contribution in [2.45, 2.75) is 436 Å². The molecule has 1 heterocycles. The van der Waals surface area contributed by atoms with Crippen LogP contribution in [0.5, 0.6) is 0 Å². The fourth-order valence-corrected chi connectivity index (χ4v) is 12.5. The standard InChI is InChI=1S/C77H147NO10/c1-3-5-7-9-11-13-15-16-17-35-39-42-45-49-53-57-61-65-73(82)86-66-62-58-54-50-46-43-40-37-34-32-30-28-26-24-22-20-18-19-21-23-25-27-29-31-33-36-38-41-44-48-52-56-60-64-72(81)78-69(68-87-77-76(85)75(84)74(83)71(67-79)88-77)70(80)63-59-55-51-47-14-12-10-8-6-4-2/h16-17,59,63,69-71,74-77,79-80,83-85H,3-15,18-58,60-62,64-68H2,1-2H3,(H,78,81)/b17-16-,63-59+. The molecule has 6 N–H and O–H groups in total. The topological polar surface area (TPSA) is 175 Å². The lowest BCUT2D eigenvalue weighted by Crippen LogP contribution is -2.60. The normalized spacial score (nSPS) is 17.8. The van der Waals surface area contributed by atoms with E-state index in [1.807, 2.05) is 6.08 Å². The van der Waals surface area contributed by atoms with Crippen molar-refractivity contribution in [3.05, 3.63) is 24.3 Å². The van der Waals surface area contributed by atoms with Gasteiger partial charge in [0, 0.05) is 12.8 Å². The Morgan fingerprint density at radius 3 is 1.09 bits per heavy atom. The summed E-state index contributed by atoms with van der Waals surface area (Å²) < 4.78 is 16.8. The molecule has 1 aliphatic rings. The molecule has 0 saturated carbocycles. The number of ether oxygens (including phenoxy) is 3. The lowest BCUT2D eigenvalue weighted by Gasteiger charge is -2.40. The smallest absolute Gasteiger partial charge is 0.305 e. The van der Waals surface area contributed by atoms with E-state index >= 15 is 0 Å². The lowest BCUT2D eigenvalue weighted by molar-refractivity contribution is -0.302. The molecule has 0 aromatic heterocycles. The highest BCUT2D eigenvalue weighted by Crippen LogP contribution is 2.24. The Kier molecular flexibility index (Phi) is 63.7. The Bertz CT molecular complexity index is 1510. The molecule has 1 aliphatic heterocycles. The molecule has 7 atom stereocenters. The van der Waals surface area contributed by atoms with E-state index in [1.54, 1.807) is 6.08 Å². The Balaban J connectivity index is 1.86. The molecular formula is C77H147NO10. The Labute approximate surface area is 543 Å². The molecule has 1 fully saturated rings. The number of amides is 1. The minimum Gasteiger partial charge on any atom is -0.466 e. The van der Waals surface area contributed by atoms with Gasteiger partial charge in [-0.2, -0.15) is 0 Å². The molecular weight excluding hydrogens is 1100 g/mol. The summed E-state index contributed by atoms with van der Waals surface area (Å²) in [6, 6.07) is -0.805. The molecule has 11 nitrogen and oxygen atoms in total. The predicted molar refractivity (Wildman–Crippen MR) is 371 cm³/mol. The van der Waals surface area contributed by atoms with Gasteiger partial charge in [0.15, 0.2) is 6.29 Å². The number of carbonyl (C=O) groups is 2. The van der Waals surface area contributed by atoms with Crippen LogP contribution in [0.15, 0.2) is 24.3 Å². The van der Waals surface area contributed by atoms with Gasteiger partial charge in [-0.15, -0.1) is 0 Å². The molecule has 88 heavy (non-hydrogen) atoms. The zero-order valence-corrected chi connectivity index (χ0v) is 58.0. The van der Waals surface area contributed by atoms with Gasteiger partial charge in [0.05, 0.1) is 32.0 Å². The van der Waals surface area contributed by atoms with Crippen molar-refractivity contribution in [3.8, 4) is 0 Å². The van der Waals surface area contributed by atoms with Crippen LogP contribution in [0.3, 0.4) is 0 Å². The van der Waals surface area contributed by atoms with Crippen LogP contribution in [0.4, 0.5) is 0 Å². The first-order valence-electron chi connectivity index (χ1n) is 38.6. The molecule has 0 radical (unpaired) electrons. The molecule has 0 aromatic carbocycles. The van der Waals surface area contributed by atoms with Gasteiger partial charge in [0.25, 0.3) is 0 Å². The zero-order valence-electron chi connectivity index (χ0n) is 58.0. The molecule has 520 valence electrons. The summed E-state index contributed by atoms with van der Waals surface area (Å²) in [5.41, 5.74) is 0. The van der Waals surface area contributed by atoms with Crippen LogP contribution in [0, 0.1) is 0 Å². The maximum Gasteiger partial charge on any atom is 0.305 e. The van der Waals surface area contributed by atoms with E-state index in [0.29, 0.717) is 19.4 Å². The van der Waals surface area contributed by atoms with Gasteiger partial charge < -0.3 is 45.1 Å². The molecule has 1 rings (SSSR count). The highest BCUT2D eigenvalue weighted by atomic mass is 16.7. The second kappa shape index (κ2) is 66.6. The predicted octanol–water partition coefficient (Wildman–Crippen LogP) is 20.4. The average molecular weight is 1250 g/mol. The minimum atomic E-state index is -1.57. The van der Waals surface area contributed by atoms with Crippen molar-refractivity contribution in [2.24, 2.45) is 0 Å². The maximum absolute atomic E-state index is 13.0. The summed E-state index contributed by atoms with van der Waals surface area (Å²) in [6.45, 7) is 4.37. The first-order chi connectivity index (χ1) is 43.2. The number of nitrogens with one attached hydrogen (secondary N) is 1. The van der Waals surface area contributed by atoms with E-state index < -0.39 is 49.5 Å². The third kappa shape index (κ3) is 54.7. The summed E-state index contributed by atoms with van der Waals surface area (Å²) in [5.74, 6) is -0.164. The van der Waals surface area contributed by atoms with E-state index in [1.165, 1.54) is 308 Å². The number of allylic oxidation sites excluding steroid dienone is 3. The Morgan fingerprint density at radius 1 is 0.409 bits per heavy atom. The molecule has 0 aliphatic carbocycles. The molecule has 1 saturated heterocycles. The molecule has 1 amide bonds. The molecule has 0 bridgehead atoms. The zero-order chi connectivity index (χ0) is 63.7. The fourth-order valence-electron chi connectivity index (χ4n) is 12.5. The summed E-state index contributed by atoms with van der Waals surface area (Å²) in [5, 5.41) is 54.4. The number of hydrogen-bond donors (Lipinski definition) is 6. The molecule has 0 spiro atoms. The third-order valence-electron chi connectivity index (χ3n) is 18.6. The third-order valence-corrected chi connectivity index (χ3v) is 18.6. The maximum atomic E-state index is 13.0. The van der Waals surface area contributed by atoms with Crippen LogP contribution in [-0.4, -0.2) is 100 Å². The number of aliphatic hydroxyl groups is 5. The highest BCUT2D eigenvalue weighted by Gasteiger charge is 2.44. The Hall–Kier alpha value is -1.86. The summed E-state index contributed by atoms with van der Waals surface area (Å²) in [6.07, 6.45) is 75.0. The van der Waals surface area contributed by atoms with Gasteiger partial charge in [-0.05, 0) is 57.8 Å². The van der Waals surface area contributed by atoms with Crippen LogP contribution >= 0.6 is 0 Å². The second-order valence-electron chi connectivity index (χ2n) is 27.1. The molecule has 0 aromatic rings. The molecule has 7 unspecified atom stereocenters. The SMILES string of the molecule is CCCCCCCC/C=C\CCCCCCCCCC(=O)OCCCCCCCCCCCCCCCCCCCCCCCCCCCCCCCCCCCC(=O)NC(COC1OC(CO)C(O)C(O)C1O)C(O)/C=C/CCCCCCCCCC. The first-order valence-corrected chi connectivity index (χ1v) is 38.6. The summed E-state index contributed by atoms with van der Waals surface area (Å²) >= 11 is 0. The van der Waals surface area contributed by atoms with Crippen LogP contribution in [0.2, 0.25) is 0 Å². The van der Waals surface area contributed by atoms with Gasteiger partial charge in [0.2, 0.25) is 5.91 Å². The van der Waals surface area contributed by atoms with E-state index in [4.69, 9.17) is 14.2 Å². The fraction of sp³-hybridized carbons (Fsp3) is 0.922. The summed E-state index contributed by atoms with van der Waals surface area (Å²) in [7, 11) is 0. The average Bonchev–Trinajstić information content (AvgIpc) is 1.96. The number of unbranched alkanes of at least 4 members (excludes halogenated alkanes) is 53. The lowest BCUT2D eigenvalue weighted by atomic mass is 9.99. The van der Waals surface area contributed by atoms with Crippen molar-refractivity contribution in [3.63, 3.8) is 0 Å². The van der Waals surface area contributed by atoms with Crippen molar-refractivity contribution in [1.29, 1.82) is 0 Å². The van der Waals surface area contributed by atoms with E-state index in [2.05, 4.69) is 31.3 Å². The summed E-state index contributed by atoms with van der Waals surface area (Å²) in [4.78, 5) is 25.2.